The quantitative estimate of drug-likeness (QED) is 0.746. The van der Waals surface area contributed by atoms with Gasteiger partial charge in [0, 0.05) is 7.05 Å². The SMILES string of the molecule is Cn1nc(Cl)c(C(N)=O)c1CF. The van der Waals surface area contributed by atoms with E-state index < -0.39 is 12.6 Å². The first-order chi connectivity index (χ1) is 5.57. The zero-order valence-corrected chi connectivity index (χ0v) is 7.10. The second kappa shape index (κ2) is 3.10. The summed E-state index contributed by atoms with van der Waals surface area (Å²) in [6.07, 6.45) is 0. The number of carbonyl (C=O) groups excluding carboxylic acids is 1. The van der Waals surface area contributed by atoms with Gasteiger partial charge in [-0.3, -0.25) is 9.48 Å². The highest BCUT2D eigenvalue weighted by atomic mass is 35.5. The van der Waals surface area contributed by atoms with Crippen molar-refractivity contribution in [3.63, 3.8) is 0 Å². The van der Waals surface area contributed by atoms with Gasteiger partial charge in [-0.2, -0.15) is 5.10 Å². The Morgan fingerprint density at radius 3 is 2.75 bits per heavy atom. The largest absolute Gasteiger partial charge is 0.365 e. The molecule has 0 saturated carbocycles. The molecule has 0 aliphatic rings. The van der Waals surface area contributed by atoms with Crippen molar-refractivity contribution >= 4 is 17.5 Å². The molecule has 0 unspecified atom stereocenters. The van der Waals surface area contributed by atoms with E-state index in [1.807, 2.05) is 0 Å². The van der Waals surface area contributed by atoms with Gasteiger partial charge in [-0.25, -0.2) is 4.39 Å². The molecule has 66 valence electrons. The van der Waals surface area contributed by atoms with E-state index in [0.29, 0.717) is 0 Å². The maximum atomic E-state index is 12.3. The number of nitrogens with two attached hydrogens (primary N) is 1. The van der Waals surface area contributed by atoms with Crippen molar-refractivity contribution in [2.45, 2.75) is 6.67 Å². The van der Waals surface area contributed by atoms with E-state index in [1.54, 1.807) is 0 Å². The summed E-state index contributed by atoms with van der Waals surface area (Å²) in [5.41, 5.74) is 5.02. The first-order valence-corrected chi connectivity index (χ1v) is 3.52. The zero-order valence-electron chi connectivity index (χ0n) is 6.34. The fourth-order valence-electron chi connectivity index (χ4n) is 0.920. The third-order valence-corrected chi connectivity index (χ3v) is 1.76. The van der Waals surface area contributed by atoms with Crippen molar-refractivity contribution in [3.05, 3.63) is 16.4 Å². The number of halogens is 2. The molecule has 0 radical (unpaired) electrons. The Labute approximate surface area is 73.1 Å². The van der Waals surface area contributed by atoms with Crippen LogP contribution in [0.4, 0.5) is 4.39 Å². The Bertz CT molecular complexity index is 323. The number of primary amides is 1. The molecule has 0 aromatic carbocycles. The number of hydrogen-bond acceptors (Lipinski definition) is 2. The average molecular weight is 192 g/mol. The summed E-state index contributed by atoms with van der Waals surface area (Å²) >= 11 is 5.52. The number of rotatable bonds is 2. The van der Waals surface area contributed by atoms with Crippen LogP contribution in [-0.2, 0) is 13.7 Å². The van der Waals surface area contributed by atoms with Gasteiger partial charge >= 0.3 is 0 Å². The van der Waals surface area contributed by atoms with Crippen LogP contribution in [0.2, 0.25) is 5.15 Å². The molecule has 1 aromatic rings. The summed E-state index contributed by atoms with van der Waals surface area (Å²) in [5, 5.41) is 3.59. The van der Waals surface area contributed by atoms with E-state index in [2.05, 4.69) is 5.10 Å². The number of carbonyl (C=O) groups is 1. The van der Waals surface area contributed by atoms with Gasteiger partial charge in [-0.15, -0.1) is 0 Å². The maximum absolute atomic E-state index is 12.3. The molecule has 0 spiro atoms. The molecular weight excluding hydrogens is 185 g/mol. The lowest BCUT2D eigenvalue weighted by Gasteiger charge is -1.96. The number of hydrogen-bond donors (Lipinski definition) is 1. The zero-order chi connectivity index (χ0) is 9.30. The van der Waals surface area contributed by atoms with Gasteiger partial charge in [-0.05, 0) is 0 Å². The Morgan fingerprint density at radius 1 is 1.83 bits per heavy atom. The first-order valence-electron chi connectivity index (χ1n) is 3.15. The van der Waals surface area contributed by atoms with Gasteiger partial charge in [-0.1, -0.05) is 11.6 Å². The van der Waals surface area contributed by atoms with Crippen LogP contribution in [0.3, 0.4) is 0 Å². The van der Waals surface area contributed by atoms with Gasteiger partial charge in [0.25, 0.3) is 5.91 Å². The molecule has 1 heterocycles. The number of amides is 1. The van der Waals surface area contributed by atoms with Crippen LogP contribution >= 0.6 is 11.6 Å². The monoisotopic (exact) mass is 191 g/mol. The molecule has 1 amide bonds. The van der Waals surface area contributed by atoms with Gasteiger partial charge in [0.1, 0.15) is 12.2 Å². The van der Waals surface area contributed by atoms with Crippen molar-refractivity contribution in [1.82, 2.24) is 9.78 Å². The molecule has 1 aromatic heterocycles. The predicted octanol–water partition coefficient (Wildman–Crippen LogP) is 0.642. The van der Waals surface area contributed by atoms with Crippen LogP contribution in [-0.4, -0.2) is 15.7 Å². The van der Waals surface area contributed by atoms with E-state index >= 15 is 0 Å². The van der Waals surface area contributed by atoms with Gasteiger partial charge < -0.3 is 5.73 Å². The Kier molecular flexibility index (Phi) is 2.32. The van der Waals surface area contributed by atoms with Crippen LogP contribution in [0.25, 0.3) is 0 Å². The third kappa shape index (κ3) is 1.27. The smallest absolute Gasteiger partial charge is 0.253 e. The van der Waals surface area contributed by atoms with E-state index in [-0.39, 0.29) is 16.4 Å². The average Bonchev–Trinajstić information content (AvgIpc) is 2.24. The Hall–Kier alpha value is -1.10. The molecule has 0 aliphatic heterocycles. The van der Waals surface area contributed by atoms with Gasteiger partial charge in [0.05, 0.1) is 5.69 Å². The van der Waals surface area contributed by atoms with E-state index in [9.17, 15) is 9.18 Å². The van der Waals surface area contributed by atoms with E-state index in [4.69, 9.17) is 17.3 Å². The summed E-state index contributed by atoms with van der Waals surface area (Å²) in [5.74, 6) is -0.763. The maximum Gasteiger partial charge on any atom is 0.253 e. The van der Waals surface area contributed by atoms with Crippen molar-refractivity contribution in [2.75, 3.05) is 0 Å². The summed E-state index contributed by atoms with van der Waals surface area (Å²) in [6.45, 7) is -0.811. The van der Waals surface area contributed by atoms with Crippen LogP contribution in [0.15, 0.2) is 0 Å². The molecule has 0 aliphatic carbocycles. The van der Waals surface area contributed by atoms with Crippen LogP contribution in [0.5, 0.6) is 0 Å². The number of nitrogens with zero attached hydrogens (tertiary/aromatic N) is 2. The summed E-state index contributed by atoms with van der Waals surface area (Å²) in [4.78, 5) is 10.7. The third-order valence-electron chi connectivity index (χ3n) is 1.50. The molecule has 6 heteroatoms. The molecule has 0 saturated heterocycles. The number of aromatic nitrogens is 2. The molecule has 4 nitrogen and oxygen atoms in total. The highest BCUT2D eigenvalue weighted by Crippen LogP contribution is 2.18. The molecule has 2 N–H and O–H groups in total. The van der Waals surface area contributed by atoms with Crippen molar-refractivity contribution < 1.29 is 9.18 Å². The standard InChI is InChI=1S/C6H7ClFN3O/c1-11-3(2-8)4(6(9)12)5(7)10-11/h2H2,1H3,(H2,9,12). The minimum atomic E-state index is -0.811. The fraction of sp³-hybridized carbons (Fsp3) is 0.333. The first kappa shape index (κ1) is 8.99. The lowest BCUT2D eigenvalue weighted by atomic mass is 10.2. The second-order valence-corrected chi connectivity index (χ2v) is 2.59. The van der Waals surface area contributed by atoms with Crippen molar-refractivity contribution in [2.24, 2.45) is 12.8 Å². The minimum absolute atomic E-state index is 0.0401. The van der Waals surface area contributed by atoms with Crippen LogP contribution < -0.4 is 5.73 Å². The molecule has 1 rings (SSSR count). The Balaban J connectivity index is 3.32. The van der Waals surface area contributed by atoms with Gasteiger partial charge in [0.2, 0.25) is 0 Å². The molecule has 12 heavy (non-hydrogen) atoms. The Morgan fingerprint density at radius 2 is 2.42 bits per heavy atom. The molecular formula is C6H7ClFN3O. The topological polar surface area (TPSA) is 60.9 Å². The predicted molar refractivity (Wildman–Crippen MR) is 41.5 cm³/mol. The lowest BCUT2D eigenvalue weighted by Crippen LogP contribution is -2.13. The highest BCUT2D eigenvalue weighted by molar-refractivity contribution is 6.32. The molecule has 0 fully saturated rings. The number of aryl methyl sites for hydroxylation is 1. The highest BCUT2D eigenvalue weighted by Gasteiger charge is 2.18. The van der Waals surface area contributed by atoms with Crippen molar-refractivity contribution in [3.8, 4) is 0 Å². The van der Waals surface area contributed by atoms with Crippen LogP contribution in [0, 0.1) is 0 Å². The molecule has 0 atom stereocenters. The lowest BCUT2D eigenvalue weighted by molar-refractivity contribution is 0.0998. The number of alkyl halides is 1. The normalized spacial score (nSPS) is 10.2. The van der Waals surface area contributed by atoms with E-state index in [0.717, 1.165) is 0 Å². The molecule has 0 bridgehead atoms. The summed E-state index contributed by atoms with van der Waals surface area (Å²) in [7, 11) is 1.49. The van der Waals surface area contributed by atoms with Gasteiger partial charge in [0.15, 0.2) is 5.15 Å². The fourth-order valence-corrected chi connectivity index (χ4v) is 1.24. The minimum Gasteiger partial charge on any atom is -0.365 e. The summed E-state index contributed by atoms with van der Waals surface area (Å²) < 4.78 is 13.5. The van der Waals surface area contributed by atoms with Crippen molar-refractivity contribution in [1.29, 1.82) is 0 Å². The second-order valence-electron chi connectivity index (χ2n) is 2.23. The van der Waals surface area contributed by atoms with Crippen LogP contribution in [0.1, 0.15) is 16.1 Å². The summed E-state index contributed by atoms with van der Waals surface area (Å²) in [6, 6.07) is 0. The van der Waals surface area contributed by atoms with E-state index in [1.165, 1.54) is 11.7 Å².